The number of aryl methyl sites for hydroxylation is 1. The molecule has 0 saturated carbocycles. The van der Waals surface area contributed by atoms with E-state index >= 15 is 0 Å². The van der Waals surface area contributed by atoms with E-state index in [4.69, 9.17) is 0 Å². The van der Waals surface area contributed by atoms with Gasteiger partial charge in [-0.2, -0.15) is 0 Å². The van der Waals surface area contributed by atoms with Gasteiger partial charge in [-0.15, -0.1) is 0 Å². The summed E-state index contributed by atoms with van der Waals surface area (Å²) >= 11 is 0. The number of nitrogens with zero attached hydrogens (tertiary/aromatic N) is 3. The van der Waals surface area contributed by atoms with Crippen molar-refractivity contribution in [3.8, 4) is 5.69 Å². The molecule has 0 aliphatic heterocycles. The molecular formula is C19H19N3O. The normalized spacial score (nSPS) is 10.5. The number of carbonyl (C=O) groups excluding carboxylic acids is 1. The van der Waals surface area contributed by atoms with Gasteiger partial charge in [0.1, 0.15) is 0 Å². The Morgan fingerprint density at radius 2 is 1.91 bits per heavy atom. The quantitative estimate of drug-likeness (QED) is 0.740. The third kappa shape index (κ3) is 3.31. The van der Waals surface area contributed by atoms with E-state index in [1.54, 1.807) is 18.1 Å². The molecule has 2 aromatic heterocycles. The molecule has 1 amide bonds. The van der Waals surface area contributed by atoms with Gasteiger partial charge in [0, 0.05) is 36.9 Å². The van der Waals surface area contributed by atoms with E-state index in [2.05, 4.69) is 4.98 Å². The number of hydrogen-bond acceptors (Lipinski definition) is 2. The molecule has 4 nitrogen and oxygen atoms in total. The van der Waals surface area contributed by atoms with Gasteiger partial charge in [-0.1, -0.05) is 6.07 Å². The van der Waals surface area contributed by atoms with Crippen LogP contribution in [0.4, 0.5) is 0 Å². The highest BCUT2D eigenvalue weighted by Crippen LogP contribution is 2.17. The Balaban J connectivity index is 1.79. The molecule has 0 bridgehead atoms. The van der Waals surface area contributed by atoms with Crippen molar-refractivity contribution in [2.24, 2.45) is 0 Å². The second-order valence-electron chi connectivity index (χ2n) is 5.57. The third-order valence-electron chi connectivity index (χ3n) is 3.82. The largest absolute Gasteiger partial charge is 0.336 e. The molecule has 2 heterocycles. The van der Waals surface area contributed by atoms with Crippen molar-refractivity contribution >= 4 is 5.91 Å². The first-order valence-corrected chi connectivity index (χ1v) is 7.54. The van der Waals surface area contributed by atoms with E-state index < -0.39 is 0 Å². The maximum absolute atomic E-state index is 12.7. The molecule has 0 aliphatic carbocycles. The van der Waals surface area contributed by atoms with E-state index in [9.17, 15) is 4.79 Å². The molecule has 0 saturated heterocycles. The Labute approximate surface area is 136 Å². The SMILES string of the molecule is Cc1cc(-n2cccc2)ccc1C(=O)N(C)Cc1ccccn1. The Morgan fingerprint density at radius 1 is 1.13 bits per heavy atom. The van der Waals surface area contributed by atoms with Gasteiger partial charge in [-0.05, 0) is 55.0 Å². The summed E-state index contributed by atoms with van der Waals surface area (Å²) in [7, 11) is 1.80. The van der Waals surface area contributed by atoms with E-state index in [0.717, 1.165) is 22.5 Å². The lowest BCUT2D eigenvalue weighted by molar-refractivity contribution is 0.0782. The summed E-state index contributed by atoms with van der Waals surface area (Å²) in [5.74, 6) is 0.00668. The molecule has 23 heavy (non-hydrogen) atoms. The molecule has 1 aromatic carbocycles. The van der Waals surface area contributed by atoms with Gasteiger partial charge in [0.2, 0.25) is 0 Å². The van der Waals surface area contributed by atoms with Crippen molar-refractivity contribution < 1.29 is 4.79 Å². The molecule has 0 spiro atoms. The van der Waals surface area contributed by atoms with Crippen molar-refractivity contribution in [3.05, 3.63) is 83.9 Å². The van der Waals surface area contributed by atoms with Crippen LogP contribution >= 0.6 is 0 Å². The van der Waals surface area contributed by atoms with Crippen LogP contribution in [0.3, 0.4) is 0 Å². The number of carbonyl (C=O) groups is 1. The summed E-state index contributed by atoms with van der Waals surface area (Å²) in [5.41, 5.74) is 3.62. The zero-order valence-electron chi connectivity index (χ0n) is 13.3. The molecule has 0 aliphatic rings. The number of pyridine rings is 1. The van der Waals surface area contributed by atoms with Gasteiger partial charge >= 0.3 is 0 Å². The second-order valence-corrected chi connectivity index (χ2v) is 5.57. The van der Waals surface area contributed by atoms with Gasteiger partial charge in [-0.3, -0.25) is 9.78 Å². The fraction of sp³-hybridized carbons (Fsp3) is 0.158. The van der Waals surface area contributed by atoms with Gasteiger partial charge in [-0.25, -0.2) is 0 Å². The van der Waals surface area contributed by atoms with Crippen molar-refractivity contribution in [2.45, 2.75) is 13.5 Å². The minimum Gasteiger partial charge on any atom is -0.336 e. The van der Waals surface area contributed by atoms with E-state index in [1.807, 2.05) is 72.4 Å². The van der Waals surface area contributed by atoms with E-state index in [0.29, 0.717) is 6.54 Å². The van der Waals surface area contributed by atoms with Crippen LogP contribution in [-0.2, 0) is 6.54 Å². The van der Waals surface area contributed by atoms with Gasteiger partial charge < -0.3 is 9.47 Å². The van der Waals surface area contributed by atoms with Crippen LogP contribution in [0.5, 0.6) is 0 Å². The molecule has 0 radical (unpaired) electrons. The van der Waals surface area contributed by atoms with Crippen LogP contribution in [-0.4, -0.2) is 27.4 Å². The Hall–Kier alpha value is -2.88. The summed E-state index contributed by atoms with van der Waals surface area (Å²) < 4.78 is 2.03. The number of rotatable bonds is 4. The maximum atomic E-state index is 12.7. The predicted octanol–water partition coefficient (Wildman–Crippen LogP) is 3.45. The maximum Gasteiger partial charge on any atom is 0.254 e. The first kappa shape index (κ1) is 15.0. The fourth-order valence-corrected chi connectivity index (χ4v) is 2.57. The Kier molecular flexibility index (Phi) is 4.24. The molecule has 0 atom stereocenters. The third-order valence-corrected chi connectivity index (χ3v) is 3.82. The molecule has 3 aromatic rings. The minimum atomic E-state index is 0.00668. The molecular weight excluding hydrogens is 286 g/mol. The van der Waals surface area contributed by atoms with Crippen molar-refractivity contribution in [1.29, 1.82) is 0 Å². The zero-order chi connectivity index (χ0) is 16.2. The number of aromatic nitrogens is 2. The number of amides is 1. The van der Waals surface area contributed by atoms with Gasteiger partial charge in [0.15, 0.2) is 0 Å². The van der Waals surface area contributed by atoms with E-state index in [-0.39, 0.29) is 5.91 Å². The van der Waals surface area contributed by atoms with Crippen LogP contribution in [0, 0.1) is 6.92 Å². The predicted molar refractivity (Wildman–Crippen MR) is 90.5 cm³/mol. The molecule has 4 heteroatoms. The van der Waals surface area contributed by atoms with Crippen LogP contribution in [0.25, 0.3) is 5.69 Å². The standard InChI is InChI=1S/C19H19N3O/c1-15-13-17(22-11-5-6-12-22)8-9-18(15)19(23)21(2)14-16-7-3-4-10-20-16/h3-13H,14H2,1-2H3. The molecule has 0 unspecified atom stereocenters. The Bertz CT molecular complexity index is 795. The average molecular weight is 305 g/mol. The van der Waals surface area contributed by atoms with Crippen LogP contribution in [0.2, 0.25) is 0 Å². The highest BCUT2D eigenvalue weighted by atomic mass is 16.2. The lowest BCUT2D eigenvalue weighted by atomic mass is 10.1. The summed E-state index contributed by atoms with van der Waals surface area (Å²) in [4.78, 5) is 18.6. The van der Waals surface area contributed by atoms with Crippen molar-refractivity contribution in [1.82, 2.24) is 14.5 Å². The fourth-order valence-electron chi connectivity index (χ4n) is 2.57. The first-order valence-electron chi connectivity index (χ1n) is 7.54. The first-order chi connectivity index (χ1) is 11.1. The summed E-state index contributed by atoms with van der Waals surface area (Å²) in [6.07, 6.45) is 5.72. The monoisotopic (exact) mass is 305 g/mol. The highest BCUT2D eigenvalue weighted by molar-refractivity contribution is 5.95. The lowest BCUT2D eigenvalue weighted by Crippen LogP contribution is -2.27. The molecule has 116 valence electrons. The van der Waals surface area contributed by atoms with Gasteiger partial charge in [0.25, 0.3) is 5.91 Å². The van der Waals surface area contributed by atoms with Crippen LogP contribution in [0.1, 0.15) is 21.6 Å². The molecule has 0 fully saturated rings. The molecule has 3 rings (SSSR count). The van der Waals surface area contributed by atoms with Gasteiger partial charge in [0.05, 0.1) is 12.2 Å². The minimum absolute atomic E-state index is 0.00668. The highest BCUT2D eigenvalue weighted by Gasteiger charge is 2.15. The van der Waals surface area contributed by atoms with E-state index in [1.165, 1.54) is 0 Å². The van der Waals surface area contributed by atoms with Crippen molar-refractivity contribution in [3.63, 3.8) is 0 Å². The topological polar surface area (TPSA) is 38.1 Å². The lowest BCUT2D eigenvalue weighted by Gasteiger charge is -2.18. The molecule has 0 N–H and O–H groups in total. The summed E-state index contributed by atoms with van der Waals surface area (Å²) in [6.45, 7) is 2.47. The smallest absolute Gasteiger partial charge is 0.254 e. The van der Waals surface area contributed by atoms with Crippen LogP contribution in [0.15, 0.2) is 67.1 Å². The zero-order valence-corrected chi connectivity index (χ0v) is 13.3. The number of benzene rings is 1. The van der Waals surface area contributed by atoms with Crippen molar-refractivity contribution in [2.75, 3.05) is 7.05 Å². The Morgan fingerprint density at radius 3 is 2.57 bits per heavy atom. The van der Waals surface area contributed by atoms with Crippen LogP contribution < -0.4 is 0 Å². The summed E-state index contributed by atoms with van der Waals surface area (Å²) in [5, 5.41) is 0. The second kappa shape index (κ2) is 6.48. The number of hydrogen-bond donors (Lipinski definition) is 0. The summed E-state index contributed by atoms with van der Waals surface area (Å²) in [6, 6.07) is 15.6. The average Bonchev–Trinajstić information content (AvgIpc) is 3.09.